The number of carbonyl (C=O) groups is 3. The summed E-state index contributed by atoms with van der Waals surface area (Å²) in [5.74, 6) is -1.73. The highest BCUT2D eigenvalue weighted by atomic mass is 19.1. The van der Waals surface area contributed by atoms with Crippen molar-refractivity contribution in [3.63, 3.8) is 0 Å². The number of imide groups is 1. The molecule has 0 saturated carbocycles. The quantitative estimate of drug-likeness (QED) is 0.800. The predicted molar refractivity (Wildman–Crippen MR) is 101 cm³/mol. The molecule has 2 aromatic rings. The largest absolute Gasteiger partial charge is 0.325 e. The molecule has 0 spiro atoms. The molecule has 1 aliphatic carbocycles. The van der Waals surface area contributed by atoms with E-state index in [1.165, 1.54) is 29.3 Å². The molecule has 4 amide bonds. The van der Waals surface area contributed by atoms with E-state index in [1.54, 1.807) is 13.0 Å². The maximum Gasteiger partial charge on any atom is 0.325 e. The standard InChI is InChI=1S/C21H20FN3O3/c1-21(15-10-9-13-5-4-6-14(13)11-15)19(27)25(20(28)24-21)12-18(26)23-17-8-3-2-7-16(17)22/h2-3,7-11H,4-6,12H2,1H3,(H,23,26)(H,24,28)/t21-/m1/s1. The fraction of sp³-hybridized carbons (Fsp3) is 0.286. The number of amides is 4. The highest BCUT2D eigenvalue weighted by Crippen LogP contribution is 2.32. The molecule has 2 aliphatic rings. The number of hydrogen-bond acceptors (Lipinski definition) is 3. The predicted octanol–water partition coefficient (Wildman–Crippen LogP) is 2.72. The van der Waals surface area contributed by atoms with Gasteiger partial charge in [0.05, 0.1) is 5.69 Å². The zero-order valence-corrected chi connectivity index (χ0v) is 15.4. The summed E-state index contributed by atoms with van der Waals surface area (Å²) in [5.41, 5.74) is 1.93. The average molecular weight is 381 g/mol. The molecule has 2 N–H and O–H groups in total. The van der Waals surface area contributed by atoms with E-state index >= 15 is 0 Å². The second-order valence-corrected chi connectivity index (χ2v) is 7.31. The summed E-state index contributed by atoms with van der Waals surface area (Å²) in [6, 6.07) is 10.9. The van der Waals surface area contributed by atoms with Crippen LogP contribution in [0.1, 0.15) is 30.0 Å². The van der Waals surface area contributed by atoms with Crippen LogP contribution in [0.4, 0.5) is 14.9 Å². The molecule has 1 saturated heterocycles. The summed E-state index contributed by atoms with van der Waals surface area (Å²) >= 11 is 0. The number of hydrogen-bond donors (Lipinski definition) is 2. The highest BCUT2D eigenvalue weighted by molar-refractivity contribution is 6.10. The Hall–Kier alpha value is -3.22. The van der Waals surface area contributed by atoms with Crippen molar-refractivity contribution in [1.29, 1.82) is 0 Å². The van der Waals surface area contributed by atoms with E-state index < -0.39 is 35.7 Å². The second-order valence-electron chi connectivity index (χ2n) is 7.31. The minimum absolute atomic E-state index is 0.000869. The van der Waals surface area contributed by atoms with Crippen LogP contribution in [0.5, 0.6) is 0 Å². The molecule has 1 fully saturated rings. The molecule has 28 heavy (non-hydrogen) atoms. The van der Waals surface area contributed by atoms with E-state index in [9.17, 15) is 18.8 Å². The van der Waals surface area contributed by atoms with Crippen LogP contribution in [0.3, 0.4) is 0 Å². The molecule has 0 radical (unpaired) electrons. The Labute approximate surface area is 161 Å². The summed E-state index contributed by atoms with van der Waals surface area (Å²) in [5, 5.41) is 5.09. The molecule has 144 valence electrons. The first-order valence-electron chi connectivity index (χ1n) is 9.19. The number of benzene rings is 2. The van der Waals surface area contributed by atoms with E-state index in [4.69, 9.17) is 0 Å². The van der Waals surface area contributed by atoms with E-state index in [0.717, 1.165) is 24.2 Å². The van der Waals surface area contributed by atoms with Crippen molar-refractivity contribution in [3.8, 4) is 0 Å². The lowest BCUT2D eigenvalue weighted by Crippen LogP contribution is -2.42. The number of fused-ring (bicyclic) bond motifs is 1. The Balaban J connectivity index is 1.52. The first-order chi connectivity index (χ1) is 13.4. The first kappa shape index (κ1) is 18.2. The van der Waals surface area contributed by atoms with Gasteiger partial charge in [-0.15, -0.1) is 0 Å². The number of anilines is 1. The van der Waals surface area contributed by atoms with Gasteiger partial charge in [-0.3, -0.25) is 14.5 Å². The van der Waals surface area contributed by atoms with Gasteiger partial charge in [-0.05, 0) is 55.0 Å². The molecule has 0 aromatic heterocycles. The van der Waals surface area contributed by atoms with Crippen molar-refractivity contribution in [1.82, 2.24) is 10.2 Å². The van der Waals surface area contributed by atoms with E-state index in [1.807, 2.05) is 18.2 Å². The molecule has 2 aromatic carbocycles. The van der Waals surface area contributed by atoms with Crippen molar-refractivity contribution in [3.05, 3.63) is 65.0 Å². The van der Waals surface area contributed by atoms with Gasteiger partial charge < -0.3 is 10.6 Å². The van der Waals surface area contributed by atoms with Crippen LogP contribution in [0, 0.1) is 5.82 Å². The molecule has 1 heterocycles. The molecule has 0 unspecified atom stereocenters. The molecule has 4 rings (SSSR count). The van der Waals surface area contributed by atoms with Gasteiger partial charge in [0.25, 0.3) is 5.91 Å². The molecule has 1 aliphatic heterocycles. The van der Waals surface area contributed by atoms with Crippen molar-refractivity contribution >= 4 is 23.5 Å². The number of para-hydroxylation sites is 1. The van der Waals surface area contributed by atoms with E-state index in [0.29, 0.717) is 5.56 Å². The number of urea groups is 1. The second kappa shape index (κ2) is 6.74. The van der Waals surface area contributed by atoms with Gasteiger partial charge in [0, 0.05) is 0 Å². The number of nitrogens with one attached hydrogen (secondary N) is 2. The minimum atomic E-state index is -1.23. The summed E-state index contributed by atoms with van der Waals surface area (Å²) in [7, 11) is 0. The summed E-state index contributed by atoms with van der Waals surface area (Å²) in [6.45, 7) is 1.15. The zero-order chi connectivity index (χ0) is 19.9. The lowest BCUT2D eigenvalue weighted by Gasteiger charge is -2.23. The van der Waals surface area contributed by atoms with Crippen molar-refractivity contribution in [2.75, 3.05) is 11.9 Å². The van der Waals surface area contributed by atoms with Crippen LogP contribution in [-0.4, -0.2) is 29.3 Å². The number of halogens is 1. The molecule has 7 heteroatoms. The Morgan fingerprint density at radius 3 is 2.71 bits per heavy atom. The van der Waals surface area contributed by atoms with E-state index in [2.05, 4.69) is 10.6 Å². The topological polar surface area (TPSA) is 78.5 Å². The number of rotatable bonds is 4. The fourth-order valence-electron chi connectivity index (χ4n) is 3.81. The van der Waals surface area contributed by atoms with Crippen LogP contribution < -0.4 is 10.6 Å². The third kappa shape index (κ3) is 3.02. The third-order valence-electron chi connectivity index (χ3n) is 5.40. The third-order valence-corrected chi connectivity index (χ3v) is 5.40. The summed E-state index contributed by atoms with van der Waals surface area (Å²) < 4.78 is 13.7. The highest BCUT2D eigenvalue weighted by Gasteiger charge is 2.49. The van der Waals surface area contributed by atoms with Crippen molar-refractivity contribution in [2.24, 2.45) is 0 Å². The lowest BCUT2D eigenvalue weighted by atomic mass is 9.89. The average Bonchev–Trinajstić information content (AvgIpc) is 3.22. The van der Waals surface area contributed by atoms with Gasteiger partial charge in [0.1, 0.15) is 17.9 Å². The van der Waals surface area contributed by atoms with Gasteiger partial charge >= 0.3 is 6.03 Å². The monoisotopic (exact) mass is 381 g/mol. The SMILES string of the molecule is C[C@]1(c2ccc3c(c2)CCC3)NC(=O)N(CC(=O)Nc2ccccc2F)C1=O. The number of nitrogens with zero attached hydrogens (tertiary/aromatic N) is 1. The smallest absolute Gasteiger partial charge is 0.322 e. The van der Waals surface area contributed by atoms with Crippen LogP contribution in [-0.2, 0) is 28.0 Å². The molecular weight excluding hydrogens is 361 g/mol. The normalized spacial score (nSPS) is 20.9. The van der Waals surface area contributed by atoms with Crippen molar-refractivity contribution in [2.45, 2.75) is 31.7 Å². The first-order valence-corrected chi connectivity index (χ1v) is 9.19. The maximum absolute atomic E-state index is 13.7. The van der Waals surface area contributed by atoms with Gasteiger partial charge in [0.2, 0.25) is 5.91 Å². The molecule has 1 atom stereocenters. The fourth-order valence-corrected chi connectivity index (χ4v) is 3.81. The van der Waals surface area contributed by atoms with Crippen LogP contribution >= 0.6 is 0 Å². The Morgan fingerprint density at radius 1 is 1.18 bits per heavy atom. The van der Waals surface area contributed by atoms with Gasteiger partial charge in [0.15, 0.2) is 0 Å². The van der Waals surface area contributed by atoms with Gasteiger partial charge in [-0.1, -0.05) is 30.3 Å². The lowest BCUT2D eigenvalue weighted by molar-refractivity contribution is -0.133. The molecular formula is C21H20FN3O3. The van der Waals surface area contributed by atoms with E-state index in [-0.39, 0.29) is 5.69 Å². The molecule has 6 nitrogen and oxygen atoms in total. The summed E-state index contributed by atoms with van der Waals surface area (Å²) in [4.78, 5) is 38.5. The van der Waals surface area contributed by atoms with Crippen LogP contribution in [0.2, 0.25) is 0 Å². The maximum atomic E-state index is 13.7. The van der Waals surface area contributed by atoms with Crippen LogP contribution in [0.15, 0.2) is 42.5 Å². The number of carbonyl (C=O) groups excluding carboxylic acids is 3. The molecule has 0 bridgehead atoms. The minimum Gasteiger partial charge on any atom is -0.322 e. The zero-order valence-electron chi connectivity index (χ0n) is 15.4. The number of aryl methyl sites for hydroxylation is 2. The Morgan fingerprint density at radius 2 is 1.93 bits per heavy atom. The Bertz CT molecular complexity index is 991. The summed E-state index contributed by atoms with van der Waals surface area (Å²) in [6.07, 6.45) is 3.06. The Kier molecular flexibility index (Phi) is 4.37. The van der Waals surface area contributed by atoms with Gasteiger partial charge in [-0.2, -0.15) is 0 Å². The van der Waals surface area contributed by atoms with Crippen LogP contribution in [0.25, 0.3) is 0 Å². The van der Waals surface area contributed by atoms with Crippen molar-refractivity contribution < 1.29 is 18.8 Å². The van der Waals surface area contributed by atoms with Gasteiger partial charge in [-0.25, -0.2) is 9.18 Å².